The van der Waals surface area contributed by atoms with Gasteiger partial charge in [-0.1, -0.05) is 30.3 Å². The van der Waals surface area contributed by atoms with E-state index in [0.717, 1.165) is 44.0 Å². The number of hydrogen-bond donors (Lipinski definition) is 0. The van der Waals surface area contributed by atoms with Crippen molar-refractivity contribution in [2.45, 2.75) is 6.42 Å². The van der Waals surface area contributed by atoms with E-state index in [4.69, 9.17) is 0 Å². The highest BCUT2D eigenvalue weighted by Gasteiger charge is 2.18. The largest absolute Gasteiger partial charge is 0.369 e. The van der Waals surface area contributed by atoms with Crippen LogP contribution in [0, 0.1) is 10.1 Å². The zero-order valence-corrected chi connectivity index (χ0v) is 14.0. The van der Waals surface area contributed by atoms with E-state index in [1.165, 1.54) is 0 Å². The summed E-state index contributed by atoms with van der Waals surface area (Å²) in [6.45, 7) is 4.26. The van der Waals surface area contributed by atoms with Crippen LogP contribution >= 0.6 is 0 Å². The average Bonchev–Trinajstić information content (AvgIpc) is 2.67. The van der Waals surface area contributed by atoms with Crippen LogP contribution in [-0.4, -0.2) is 48.3 Å². The molecular formula is C19H21N3O3. The minimum atomic E-state index is -0.383. The maximum absolute atomic E-state index is 12.2. The summed E-state index contributed by atoms with van der Waals surface area (Å²) in [5.74, 6) is 0.179. The molecule has 0 spiro atoms. The van der Waals surface area contributed by atoms with Crippen LogP contribution in [0.15, 0.2) is 54.6 Å². The number of nitrogens with zero attached hydrogens (tertiary/aromatic N) is 3. The zero-order valence-electron chi connectivity index (χ0n) is 14.0. The molecule has 0 unspecified atom stereocenters. The number of non-ortho nitro benzene ring substituents is 1. The molecule has 0 atom stereocenters. The molecule has 1 aliphatic rings. The minimum absolute atomic E-state index is 0.113. The highest BCUT2D eigenvalue weighted by Crippen LogP contribution is 2.20. The van der Waals surface area contributed by atoms with Gasteiger partial charge < -0.3 is 4.90 Å². The Hall–Kier alpha value is -2.73. The van der Waals surface area contributed by atoms with Gasteiger partial charge in [0.25, 0.3) is 5.69 Å². The number of carbonyl (C=O) groups is 1. The first-order chi connectivity index (χ1) is 12.1. The van der Waals surface area contributed by atoms with Gasteiger partial charge in [0.1, 0.15) is 0 Å². The fourth-order valence-electron chi connectivity index (χ4n) is 3.04. The van der Waals surface area contributed by atoms with E-state index in [9.17, 15) is 14.9 Å². The molecule has 3 rings (SSSR count). The lowest BCUT2D eigenvalue weighted by atomic mass is 10.1. The van der Waals surface area contributed by atoms with Crippen molar-refractivity contribution in [3.05, 3.63) is 70.3 Å². The van der Waals surface area contributed by atoms with Crippen molar-refractivity contribution in [3.63, 3.8) is 0 Å². The second-order valence-corrected chi connectivity index (χ2v) is 6.14. The monoisotopic (exact) mass is 339 g/mol. The molecule has 0 bridgehead atoms. The van der Waals surface area contributed by atoms with Gasteiger partial charge >= 0.3 is 0 Å². The third-order valence-electron chi connectivity index (χ3n) is 4.55. The molecule has 1 heterocycles. The van der Waals surface area contributed by atoms with Gasteiger partial charge in [-0.15, -0.1) is 0 Å². The van der Waals surface area contributed by atoms with E-state index in [0.29, 0.717) is 6.42 Å². The van der Waals surface area contributed by atoms with E-state index >= 15 is 0 Å². The second kappa shape index (κ2) is 7.90. The van der Waals surface area contributed by atoms with Crippen molar-refractivity contribution in [1.82, 2.24) is 4.90 Å². The number of rotatable bonds is 6. The number of nitro benzene ring substituents is 1. The highest BCUT2D eigenvalue weighted by molar-refractivity contribution is 5.96. The minimum Gasteiger partial charge on any atom is -0.369 e. The zero-order chi connectivity index (χ0) is 17.6. The summed E-state index contributed by atoms with van der Waals surface area (Å²) in [5, 5.41) is 10.7. The van der Waals surface area contributed by atoms with Gasteiger partial charge in [-0.2, -0.15) is 0 Å². The summed E-state index contributed by atoms with van der Waals surface area (Å²) in [5.41, 5.74) is 1.89. The SMILES string of the molecule is O=C(CCN1CCN(c2ccc([N+](=O)[O-])cc2)CC1)c1ccccc1. The van der Waals surface area contributed by atoms with Gasteiger partial charge in [0, 0.05) is 62.5 Å². The van der Waals surface area contributed by atoms with Crippen molar-refractivity contribution in [1.29, 1.82) is 0 Å². The number of nitro groups is 1. The molecule has 0 aromatic heterocycles. The van der Waals surface area contributed by atoms with Crippen LogP contribution in [0.25, 0.3) is 0 Å². The molecule has 1 saturated heterocycles. The van der Waals surface area contributed by atoms with Crippen LogP contribution in [0.5, 0.6) is 0 Å². The van der Waals surface area contributed by atoms with Crippen LogP contribution in [0.4, 0.5) is 11.4 Å². The topological polar surface area (TPSA) is 66.7 Å². The Morgan fingerprint density at radius 3 is 2.20 bits per heavy atom. The first-order valence-corrected chi connectivity index (χ1v) is 8.43. The first-order valence-electron chi connectivity index (χ1n) is 8.43. The summed E-state index contributed by atoms with van der Waals surface area (Å²) >= 11 is 0. The second-order valence-electron chi connectivity index (χ2n) is 6.14. The summed E-state index contributed by atoms with van der Waals surface area (Å²) < 4.78 is 0. The van der Waals surface area contributed by atoms with Crippen molar-refractivity contribution in [2.75, 3.05) is 37.6 Å². The molecule has 0 amide bonds. The Morgan fingerprint density at radius 2 is 1.60 bits per heavy atom. The highest BCUT2D eigenvalue weighted by atomic mass is 16.6. The Kier molecular flexibility index (Phi) is 5.40. The molecule has 6 heteroatoms. The molecule has 130 valence electrons. The molecule has 0 aliphatic carbocycles. The third-order valence-corrected chi connectivity index (χ3v) is 4.55. The number of benzene rings is 2. The van der Waals surface area contributed by atoms with Crippen molar-refractivity contribution >= 4 is 17.2 Å². The summed E-state index contributed by atoms with van der Waals surface area (Å²) in [4.78, 5) is 27.0. The van der Waals surface area contributed by atoms with Gasteiger partial charge in [-0.3, -0.25) is 19.8 Å². The van der Waals surface area contributed by atoms with Gasteiger partial charge in [-0.05, 0) is 12.1 Å². The van der Waals surface area contributed by atoms with Crippen LogP contribution < -0.4 is 4.90 Å². The normalized spacial score (nSPS) is 15.1. The smallest absolute Gasteiger partial charge is 0.269 e. The molecule has 2 aromatic rings. The van der Waals surface area contributed by atoms with Crippen LogP contribution in [0.1, 0.15) is 16.8 Å². The Labute approximate surface area is 146 Å². The first kappa shape index (κ1) is 17.1. The fraction of sp³-hybridized carbons (Fsp3) is 0.316. The van der Waals surface area contributed by atoms with Gasteiger partial charge in [-0.25, -0.2) is 0 Å². The number of ketones is 1. The molecule has 1 fully saturated rings. The van der Waals surface area contributed by atoms with Crippen LogP contribution in [0.2, 0.25) is 0 Å². The summed E-state index contributed by atoms with van der Waals surface area (Å²) in [6.07, 6.45) is 0.529. The predicted molar refractivity (Wildman–Crippen MR) is 97.1 cm³/mol. The van der Waals surface area contributed by atoms with Crippen molar-refractivity contribution in [2.24, 2.45) is 0 Å². The number of piperazine rings is 1. The molecule has 2 aromatic carbocycles. The van der Waals surface area contributed by atoms with E-state index in [1.807, 2.05) is 30.3 Å². The Bertz CT molecular complexity index is 723. The van der Waals surface area contributed by atoms with Crippen molar-refractivity contribution < 1.29 is 9.72 Å². The van der Waals surface area contributed by atoms with E-state index in [2.05, 4.69) is 9.80 Å². The Balaban J connectivity index is 1.47. The van der Waals surface area contributed by atoms with Crippen LogP contribution in [-0.2, 0) is 0 Å². The quantitative estimate of drug-likeness (QED) is 0.460. The molecular weight excluding hydrogens is 318 g/mol. The van der Waals surface area contributed by atoms with Crippen LogP contribution in [0.3, 0.4) is 0 Å². The van der Waals surface area contributed by atoms with E-state index in [1.54, 1.807) is 24.3 Å². The van der Waals surface area contributed by atoms with Gasteiger partial charge in [0.05, 0.1) is 4.92 Å². The molecule has 6 nitrogen and oxygen atoms in total. The number of anilines is 1. The lowest BCUT2D eigenvalue weighted by molar-refractivity contribution is -0.384. The predicted octanol–water partition coefficient (Wildman–Crippen LogP) is 2.99. The standard InChI is InChI=1S/C19H21N3O3/c23-19(16-4-2-1-3-5-16)10-11-20-12-14-21(15-13-20)17-6-8-18(9-7-17)22(24)25/h1-9H,10-15H2. The maximum Gasteiger partial charge on any atom is 0.269 e. The lowest BCUT2D eigenvalue weighted by Gasteiger charge is -2.36. The van der Waals surface area contributed by atoms with E-state index < -0.39 is 0 Å². The molecule has 0 radical (unpaired) electrons. The number of hydrogen-bond acceptors (Lipinski definition) is 5. The summed E-state index contributed by atoms with van der Waals surface area (Å²) in [6, 6.07) is 16.1. The maximum atomic E-state index is 12.2. The average molecular weight is 339 g/mol. The number of carbonyl (C=O) groups excluding carboxylic acids is 1. The molecule has 0 saturated carbocycles. The fourth-order valence-corrected chi connectivity index (χ4v) is 3.04. The van der Waals surface area contributed by atoms with Crippen molar-refractivity contribution in [3.8, 4) is 0 Å². The molecule has 0 N–H and O–H groups in total. The lowest BCUT2D eigenvalue weighted by Crippen LogP contribution is -2.46. The number of Topliss-reactive ketones (excluding diaryl/α,β-unsaturated/α-hetero) is 1. The molecule has 1 aliphatic heterocycles. The Morgan fingerprint density at radius 1 is 0.960 bits per heavy atom. The van der Waals surface area contributed by atoms with Gasteiger partial charge in [0.15, 0.2) is 5.78 Å². The third kappa shape index (κ3) is 4.42. The molecule has 25 heavy (non-hydrogen) atoms. The van der Waals surface area contributed by atoms with Gasteiger partial charge in [0.2, 0.25) is 0 Å². The summed E-state index contributed by atoms with van der Waals surface area (Å²) in [7, 11) is 0. The van der Waals surface area contributed by atoms with E-state index in [-0.39, 0.29) is 16.4 Å².